The van der Waals surface area contributed by atoms with Crippen LogP contribution in [-0.4, -0.2) is 9.55 Å². The normalized spacial score (nSPS) is 26.2. The maximum Gasteiger partial charge on any atom is 0.145 e. The highest BCUT2D eigenvalue weighted by molar-refractivity contribution is 5.39. The molecule has 1 aromatic heterocycles. The Morgan fingerprint density at radius 3 is 2.86 bits per heavy atom. The van der Waals surface area contributed by atoms with Crippen LogP contribution in [0.25, 0.3) is 0 Å². The minimum atomic E-state index is 0.719. The molecule has 0 saturated heterocycles. The van der Waals surface area contributed by atoms with Crippen LogP contribution in [0, 0.1) is 5.92 Å². The fraction of sp³-hybridized carbons (Fsp3) is 0.727. The lowest BCUT2D eigenvalue weighted by Gasteiger charge is -2.22. The molecule has 14 heavy (non-hydrogen) atoms. The van der Waals surface area contributed by atoms with Crippen molar-refractivity contribution in [1.29, 1.82) is 0 Å². The van der Waals surface area contributed by atoms with Gasteiger partial charge in [0, 0.05) is 12.5 Å². The van der Waals surface area contributed by atoms with Crippen molar-refractivity contribution in [3.8, 4) is 0 Å². The molecule has 1 saturated carbocycles. The quantitative estimate of drug-likeness (QED) is 0.737. The van der Waals surface area contributed by atoms with Gasteiger partial charge in [0.1, 0.15) is 11.6 Å². The third-order valence-electron chi connectivity index (χ3n) is 3.44. The molecule has 0 amide bonds. The summed E-state index contributed by atoms with van der Waals surface area (Å²) >= 11 is 0. The monoisotopic (exact) mass is 191 g/mol. The molecule has 1 fully saturated rings. The molecule has 1 unspecified atom stereocenters. The number of nitrogen functional groups attached to an aromatic ring is 1. The molecule has 2 aliphatic rings. The zero-order valence-electron chi connectivity index (χ0n) is 8.66. The summed E-state index contributed by atoms with van der Waals surface area (Å²) in [5, 5.41) is 0. The second-order valence-corrected chi connectivity index (χ2v) is 4.83. The van der Waals surface area contributed by atoms with Gasteiger partial charge in [-0.25, -0.2) is 4.98 Å². The SMILES string of the molecule is CC1CCc2c(N)nc(C3CC3)n2C1. The topological polar surface area (TPSA) is 43.8 Å². The van der Waals surface area contributed by atoms with E-state index in [1.807, 2.05) is 0 Å². The van der Waals surface area contributed by atoms with Gasteiger partial charge in [-0.3, -0.25) is 0 Å². The van der Waals surface area contributed by atoms with Crippen LogP contribution in [0.4, 0.5) is 5.82 Å². The van der Waals surface area contributed by atoms with Crippen LogP contribution in [-0.2, 0) is 13.0 Å². The lowest BCUT2D eigenvalue weighted by molar-refractivity contribution is 0.391. The van der Waals surface area contributed by atoms with Crippen LogP contribution >= 0.6 is 0 Å². The summed E-state index contributed by atoms with van der Waals surface area (Å²) in [5.41, 5.74) is 7.24. The van der Waals surface area contributed by atoms with Gasteiger partial charge in [-0.1, -0.05) is 6.92 Å². The Hall–Kier alpha value is -0.990. The van der Waals surface area contributed by atoms with E-state index in [1.54, 1.807) is 0 Å². The zero-order valence-corrected chi connectivity index (χ0v) is 8.66. The number of anilines is 1. The molecule has 3 heteroatoms. The molecule has 1 aliphatic heterocycles. The first-order valence-electron chi connectivity index (χ1n) is 5.60. The minimum absolute atomic E-state index is 0.719. The molecule has 0 radical (unpaired) electrons. The lowest BCUT2D eigenvalue weighted by atomic mass is 10.00. The number of fused-ring (bicyclic) bond motifs is 1. The molecule has 0 spiro atoms. The van der Waals surface area contributed by atoms with Crippen molar-refractivity contribution in [3.63, 3.8) is 0 Å². The average Bonchev–Trinajstić information content (AvgIpc) is 2.93. The van der Waals surface area contributed by atoms with Gasteiger partial charge in [-0.2, -0.15) is 0 Å². The number of hydrogen-bond donors (Lipinski definition) is 1. The van der Waals surface area contributed by atoms with Crippen molar-refractivity contribution >= 4 is 5.82 Å². The molecule has 2 N–H and O–H groups in total. The van der Waals surface area contributed by atoms with E-state index in [0.717, 1.165) is 30.6 Å². The number of hydrogen-bond acceptors (Lipinski definition) is 2. The van der Waals surface area contributed by atoms with Crippen molar-refractivity contribution in [2.75, 3.05) is 5.73 Å². The second kappa shape index (κ2) is 2.75. The molecule has 76 valence electrons. The Bertz CT molecular complexity index is 363. The predicted molar refractivity (Wildman–Crippen MR) is 56.1 cm³/mol. The third-order valence-corrected chi connectivity index (χ3v) is 3.44. The Kier molecular flexibility index (Phi) is 1.64. The number of nitrogens with zero attached hydrogens (tertiary/aromatic N) is 2. The summed E-state index contributed by atoms with van der Waals surface area (Å²) in [4.78, 5) is 4.53. The molecule has 0 aromatic carbocycles. The van der Waals surface area contributed by atoms with E-state index < -0.39 is 0 Å². The molecule has 2 heterocycles. The summed E-state index contributed by atoms with van der Waals surface area (Å²) in [5.74, 6) is 3.56. The molecule has 1 aromatic rings. The van der Waals surface area contributed by atoms with Gasteiger partial charge in [0.25, 0.3) is 0 Å². The Labute approximate surface area is 84.3 Å². The van der Waals surface area contributed by atoms with E-state index in [0.29, 0.717) is 0 Å². The van der Waals surface area contributed by atoms with Crippen molar-refractivity contribution in [2.45, 2.75) is 45.1 Å². The lowest BCUT2D eigenvalue weighted by Crippen LogP contribution is -2.19. The molecule has 3 rings (SSSR count). The van der Waals surface area contributed by atoms with Crippen LogP contribution in [0.1, 0.15) is 43.6 Å². The number of imidazole rings is 1. The van der Waals surface area contributed by atoms with Gasteiger partial charge >= 0.3 is 0 Å². The largest absolute Gasteiger partial charge is 0.382 e. The van der Waals surface area contributed by atoms with Crippen molar-refractivity contribution in [3.05, 3.63) is 11.5 Å². The highest BCUT2D eigenvalue weighted by Crippen LogP contribution is 2.42. The molecule has 0 bridgehead atoms. The van der Waals surface area contributed by atoms with E-state index in [9.17, 15) is 0 Å². The van der Waals surface area contributed by atoms with Crippen molar-refractivity contribution < 1.29 is 0 Å². The predicted octanol–water partition coefficient (Wildman–Crippen LogP) is 1.93. The van der Waals surface area contributed by atoms with E-state index in [2.05, 4.69) is 16.5 Å². The smallest absolute Gasteiger partial charge is 0.145 e. The van der Waals surface area contributed by atoms with Gasteiger partial charge in [-0.15, -0.1) is 0 Å². The molecular weight excluding hydrogens is 174 g/mol. The highest BCUT2D eigenvalue weighted by Gasteiger charge is 2.32. The van der Waals surface area contributed by atoms with E-state index in [-0.39, 0.29) is 0 Å². The minimum Gasteiger partial charge on any atom is -0.382 e. The van der Waals surface area contributed by atoms with Crippen LogP contribution in [0.3, 0.4) is 0 Å². The third kappa shape index (κ3) is 1.15. The van der Waals surface area contributed by atoms with Crippen molar-refractivity contribution in [1.82, 2.24) is 9.55 Å². The summed E-state index contributed by atoms with van der Waals surface area (Å²) < 4.78 is 2.39. The molecular formula is C11H17N3. The number of aromatic nitrogens is 2. The van der Waals surface area contributed by atoms with Crippen LogP contribution in [0.2, 0.25) is 0 Å². The van der Waals surface area contributed by atoms with E-state index >= 15 is 0 Å². The second-order valence-electron chi connectivity index (χ2n) is 4.83. The summed E-state index contributed by atoms with van der Waals surface area (Å²) in [6, 6.07) is 0. The molecule has 3 nitrogen and oxygen atoms in total. The first-order chi connectivity index (χ1) is 6.75. The zero-order chi connectivity index (χ0) is 9.71. The maximum atomic E-state index is 5.94. The first-order valence-corrected chi connectivity index (χ1v) is 5.60. The summed E-state index contributed by atoms with van der Waals surface area (Å²) in [6.45, 7) is 3.45. The van der Waals surface area contributed by atoms with Crippen molar-refractivity contribution in [2.24, 2.45) is 5.92 Å². The highest BCUT2D eigenvalue weighted by atomic mass is 15.1. The summed E-state index contributed by atoms with van der Waals surface area (Å²) in [6.07, 6.45) is 5.00. The van der Waals surface area contributed by atoms with Crippen LogP contribution in [0.15, 0.2) is 0 Å². The molecule has 1 atom stereocenters. The van der Waals surface area contributed by atoms with Crippen LogP contribution < -0.4 is 5.73 Å². The van der Waals surface area contributed by atoms with E-state index in [4.69, 9.17) is 5.73 Å². The van der Waals surface area contributed by atoms with Crippen LogP contribution in [0.5, 0.6) is 0 Å². The number of rotatable bonds is 1. The fourth-order valence-corrected chi connectivity index (χ4v) is 2.43. The Morgan fingerprint density at radius 1 is 1.36 bits per heavy atom. The fourth-order valence-electron chi connectivity index (χ4n) is 2.43. The van der Waals surface area contributed by atoms with Gasteiger partial charge in [0.15, 0.2) is 0 Å². The van der Waals surface area contributed by atoms with Gasteiger partial charge in [0.2, 0.25) is 0 Å². The number of nitrogens with two attached hydrogens (primary N) is 1. The first kappa shape index (κ1) is 8.33. The van der Waals surface area contributed by atoms with Gasteiger partial charge in [-0.05, 0) is 31.6 Å². The molecule has 1 aliphatic carbocycles. The van der Waals surface area contributed by atoms with Gasteiger partial charge < -0.3 is 10.3 Å². The maximum absolute atomic E-state index is 5.94. The Morgan fingerprint density at radius 2 is 2.14 bits per heavy atom. The van der Waals surface area contributed by atoms with Gasteiger partial charge in [0.05, 0.1) is 5.69 Å². The van der Waals surface area contributed by atoms with E-state index in [1.165, 1.54) is 30.8 Å². The Balaban J connectivity index is 2.05. The standard InChI is InChI=1S/C11H17N3/c1-7-2-5-9-10(12)13-11(8-3-4-8)14(9)6-7/h7-8H,2-6,12H2,1H3. The average molecular weight is 191 g/mol. The summed E-state index contributed by atoms with van der Waals surface area (Å²) in [7, 11) is 0.